The molecule has 1 saturated heterocycles. The molecule has 3 aliphatic carbocycles. The average Bonchev–Trinajstić information content (AvgIpc) is 3.60. The molecule has 1 spiro atoms. The van der Waals surface area contributed by atoms with Gasteiger partial charge in [-0.2, -0.15) is 4.31 Å². The van der Waals surface area contributed by atoms with Crippen molar-refractivity contribution < 1.29 is 18.3 Å². The zero-order chi connectivity index (χ0) is 23.9. The number of hydrogen-bond acceptors (Lipinski definition) is 5. The van der Waals surface area contributed by atoms with Crippen LogP contribution in [0.2, 0.25) is 0 Å². The summed E-state index contributed by atoms with van der Waals surface area (Å²) in [5, 5.41) is 10.9. The largest absolute Gasteiger partial charge is 0.508 e. The van der Waals surface area contributed by atoms with Crippen molar-refractivity contribution in [2.24, 2.45) is 11.8 Å². The first-order valence-corrected chi connectivity index (χ1v) is 14.7. The zero-order valence-corrected chi connectivity index (χ0v) is 21.1. The smallest absolute Gasteiger partial charge is 0.218 e. The standard InChI is InChI=1S/C28H34N2O4S/c1-29(35(32,33)17-19-5-3-2-4-6-19)22-10-9-21-23-15-20-24(31)11-12-25-26(20)28(21,27(22)34-25)13-14-30(23)16-18-7-8-18/h2-6,11-12,18,21-23,27,31H,7-10,13-17H2,1H3/t21-,22-,23+,27-,28-/m0/s1. The van der Waals surface area contributed by atoms with E-state index in [2.05, 4.69) is 4.90 Å². The highest BCUT2D eigenvalue weighted by molar-refractivity contribution is 7.88. The van der Waals surface area contributed by atoms with E-state index in [4.69, 9.17) is 4.74 Å². The Bertz CT molecular complexity index is 1260. The molecule has 2 aromatic rings. The molecule has 0 amide bonds. The van der Waals surface area contributed by atoms with Crippen molar-refractivity contribution in [3.8, 4) is 11.5 Å². The third-order valence-electron chi connectivity index (χ3n) is 9.71. The van der Waals surface area contributed by atoms with Crippen LogP contribution in [0.15, 0.2) is 42.5 Å². The van der Waals surface area contributed by atoms with Crippen LogP contribution in [0.1, 0.15) is 48.8 Å². The van der Waals surface area contributed by atoms with E-state index in [0.29, 0.717) is 17.7 Å². The van der Waals surface area contributed by atoms with Gasteiger partial charge in [-0.15, -0.1) is 0 Å². The number of phenols is 1. The minimum Gasteiger partial charge on any atom is -0.508 e. The van der Waals surface area contributed by atoms with Gasteiger partial charge in [0.25, 0.3) is 0 Å². The number of nitrogens with zero attached hydrogens (tertiary/aromatic N) is 2. The van der Waals surface area contributed by atoms with E-state index >= 15 is 0 Å². The van der Waals surface area contributed by atoms with E-state index in [1.165, 1.54) is 18.4 Å². The number of hydrogen-bond donors (Lipinski definition) is 1. The Kier molecular flexibility index (Phi) is 4.87. The molecule has 5 aliphatic rings. The number of aromatic hydroxyl groups is 1. The predicted molar refractivity (Wildman–Crippen MR) is 134 cm³/mol. The van der Waals surface area contributed by atoms with Crippen LogP contribution < -0.4 is 4.74 Å². The van der Waals surface area contributed by atoms with Gasteiger partial charge in [0.15, 0.2) is 0 Å². The number of likely N-dealkylation sites (tertiary alicyclic amines) is 1. The maximum absolute atomic E-state index is 13.6. The first-order valence-electron chi connectivity index (χ1n) is 13.1. The highest BCUT2D eigenvalue weighted by atomic mass is 32.2. The number of benzene rings is 2. The molecular formula is C28H34N2O4S. The summed E-state index contributed by atoms with van der Waals surface area (Å²) in [5.41, 5.74) is 2.82. The van der Waals surface area contributed by atoms with Crippen molar-refractivity contribution in [1.29, 1.82) is 0 Å². The number of sulfonamides is 1. The Morgan fingerprint density at radius 3 is 2.69 bits per heavy atom. The molecular weight excluding hydrogens is 460 g/mol. The van der Waals surface area contributed by atoms with Crippen LogP contribution in [0.3, 0.4) is 0 Å². The molecule has 2 aliphatic heterocycles. The van der Waals surface area contributed by atoms with Crippen molar-refractivity contribution >= 4 is 10.0 Å². The molecule has 5 atom stereocenters. The van der Waals surface area contributed by atoms with Crippen LogP contribution in [0.5, 0.6) is 11.5 Å². The first-order chi connectivity index (χ1) is 16.9. The van der Waals surface area contributed by atoms with Crippen molar-refractivity contribution in [2.45, 2.75) is 67.9 Å². The van der Waals surface area contributed by atoms with E-state index in [1.54, 1.807) is 17.4 Å². The van der Waals surface area contributed by atoms with Crippen LogP contribution >= 0.6 is 0 Å². The highest BCUT2D eigenvalue weighted by Gasteiger charge is 2.66. The second-order valence-electron chi connectivity index (χ2n) is 11.5. The van der Waals surface area contributed by atoms with Gasteiger partial charge in [0, 0.05) is 36.2 Å². The quantitative estimate of drug-likeness (QED) is 0.664. The lowest BCUT2D eigenvalue weighted by Crippen LogP contribution is -2.69. The van der Waals surface area contributed by atoms with Gasteiger partial charge in [0.2, 0.25) is 10.0 Å². The maximum atomic E-state index is 13.6. The lowest BCUT2D eigenvalue weighted by atomic mass is 9.51. The van der Waals surface area contributed by atoms with Crippen molar-refractivity contribution in [3.05, 3.63) is 59.2 Å². The van der Waals surface area contributed by atoms with E-state index in [1.807, 2.05) is 36.4 Å². The summed E-state index contributed by atoms with van der Waals surface area (Å²) in [4.78, 5) is 2.69. The van der Waals surface area contributed by atoms with Gasteiger partial charge in [0.1, 0.15) is 17.6 Å². The van der Waals surface area contributed by atoms with E-state index in [9.17, 15) is 13.5 Å². The van der Waals surface area contributed by atoms with Crippen LogP contribution in [-0.4, -0.2) is 61.1 Å². The normalized spacial score (nSPS) is 33.4. The third-order valence-corrected chi connectivity index (χ3v) is 11.6. The summed E-state index contributed by atoms with van der Waals surface area (Å²) >= 11 is 0. The summed E-state index contributed by atoms with van der Waals surface area (Å²) in [5.74, 6) is 2.50. The second-order valence-corrected chi connectivity index (χ2v) is 13.5. The van der Waals surface area contributed by atoms with Gasteiger partial charge in [-0.1, -0.05) is 30.3 Å². The number of rotatable bonds is 6. The zero-order valence-electron chi connectivity index (χ0n) is 20.3. The van der Waals surface area contributed by atoms with Crippen LogP contribution in [0, 0.1) is 11.8 Å². The second kappa shape index (κ2) is 7.70. The molecule has 35 heavy (non-hydrogen) atoms. The van der Waals surface area contributed by atoms with Gasteiger partial charge in [-0.25, -0.2) is 8.42 Å². The van der Waals surface area contributed by atoms with E-state index in [0.717, 1.165) is 61.6 Å². The van der Waals surface area contributed by atoms with Crippen molar-refractivity contribution in [2.75, 3.05) is 20.1 Å². The Morgan fingerprint density at radius 2 is 1.91 bits per heavy atom. The van der Waals surface area contributed by atoms with Crippen LogP contribution in [-0.2, 0) is 27.6 Å². The van der Waals surface area contributed by atoms with E-state index < -0.39 is 10.0 Å². The summed E-state index contributed by atoms with van der Waals surface area (Å²) in [7, 11) is -1.77. The number of likely N-dealkylation sites (N-methyl/N-ethyl adjacent to an activating group) is 1. The maximum Gasteiger partial charge on any atom is 0.218 e. The molecule has 186 valence electrons. The molecule has 2 bridgehead atoms. The molecule has 0 radical (unpaired) electrons. The topological polar surface area (TPSA) is 70.1 Å². The molecule has 3 fully saturated rings. The van der Waals surface area contributed by atoms with Gasteiger partial charge in [-0.3, -0.25) is 4.90 Å². The molecule has 2 saturated carbocycles. The van der Waals surface area contributed by atoms with E-state index in [-0.39, 0.29) is 23.3 Å². The SMILES string of the molecule is CN([C@H]1CC[C@H]2[C@H]3Cc4c(O)ccc5c4[C@@]2(CCN3CC2CC2)[C@H]1O5)S(=O)(=O)Cc1ccccc1. The Balaban J connectivity index is 1.27. The minimum absolute atomic E-state index is 0.000760. The predicted octanol–water partition coefficient (Wildman–Crippen LogP) is 3.67. The average molecular weight is 495 g/mol. The summed E-state index contributed by atoms with van der Waals surface area (Å²) < 4.78 is 35.4. The molecule has 7 heteroatoms. The van der Waals surface area contributed by atoms with Crippen molar-refractivity contribution in [1.82, 2.24) is 9.21 Å². The fourth-order valence-corrected chi connectivity index (χ4v) is 9.38. The molecule has 0 unspecified atom stereocenters. The van der Waals surface area contributed by atoms with Gasteiger partial charge >= 0.3 is 0 Å². The van der Waals surface area contributed by atoms with Crippen LogP contribution in [0.4, 0.5) is 0 Å². The fraction of sp³-hybridized carbons (Fsp3) is 0.571. The van der Waals surface area contributed by atoms with Crippen molar-refractivity contribution in [3.63, 3.8) is 0 Å². The lowest BCUT2D eigenvalue weighted by molar-refractivity contribution is -0.0753. The monoisotopic (exact) mass is 494 g/mol. The first kappa shape index (κ1) is 22.1. The van der Waals surface area contributed by atoms with Crippen LogP contribution in [0.25, 0.3) is 0 Å². The van der Waals surface area contributed by atoms with Gasteiger partial charge in [0.05, 0.1) is 11.8 Å². The Morgan fingerprint density at radius 1 is 1.11 bits per heavy atom. The lowest BCUT2D eigenvalue weighted by Gasteiger charge is -2.60. The molecule has 1 N–H and O–H groups in total. The molecule has 2 aromatic carbocycles. The molecule has 6 nitrogen and oxygen atoms in total. The van der Waals surface area contributed by atoms with Gasteiger partial charge < -0.3 is 9.84 Å². The highest BCUT2D eigenvalue weighted by Crippen LogP contribution is 2.64. The summed E-state index contributed by atoms with van der Waals surface area (Å²) in [6, 6.07) is 13.3. The Hall–Kier alpha value is -2.09. The molecule has 0 aromatic heterocycles. The summed E-state index contributed by atoms with van der Waals surface area (Å²) in [6.45, 7) is 2.19. The number of piperidine rings is 1. The molecule has 2 heterocycles. The number of phenolic OH excluding ortho intramolecular Hbond substituents is 1. The third kappa shape index (κ3) is 3.24. The number of ether oxygens (including phenoxy) is 1. The fourth-order valence-electron chi connectivity index (χ4n) is 7.93. The Labute approximate surface area is 207 Å². The summed E-state index contributed by atoms with van der Waals surface area (Å²) in [6.07, 6.45) is 6.11. The molecule has 7 rings (SSSR count). The van der Waals surface area contributed by atoms with Gasteiger partial charge in [-0.05, 0) is 74.6 Å². The minimum atomic E-state index is -3.51.